The Balaban J connectivity index is 1.29. The van der Waals surface area contributed by atoms with Gasteiger partial charge in [0, 0.05) is 33.0 Å². The minimum atomic E-state index is -0.108. The van der Waals surface area contributed by atoms with E-state index in [1.807, 2.05) is 36.4 Å². The van der Waals surface area contributed by atoms with Crippen LogP contribution in [0.25, 0.3) is 83.4 Å². The highest BCUT2D eigenvalue weighted by atomic mass is 15.0. The molecule has 9 aromatic rings. The van der Waals surface area contributed by atoms with Crippen LogP contribution in [0, 0.1) is 11.3 Å². The van der Waals surface area contributed by atoms with E-state index in [1.165, 1.54) is 33.0 Å². The van der Waals surface area contributed by atoms with E-state index in [-0.39, 0.29) is 5.41 Å². The van der Waals surface area contributed by atoms with E-state index >= 15 is 0 Å². The normalized spacial score (nSPS) is 12.8. The molecule has 0 fully saturated rings. The zero-order valence-corrected chi connectivity index (χ0v) is 30.1. The van der Waals surface area contributed by atoms with Crippen molar-refractivity contribution in [1.82, 2.24) is 9.55 Å². The molecule has 3 heteroatoms. The summed E-state index contributed by atoms with van der Waals surface area (Å²) in [6.07, 6.45) is 0. The minimum absolute atomic E-state index is 0.108. The maximum Gasteiger partial charge on any atom is 0.0998 e. The molecule has 254 valence electrons. The molecular formula is C51H35N3. The van der Waals surface area contributed by atoms with Gasteiger partial charge in [0.2, 0.25) is 0 Å². The first kappa shape index (κ1) is 31.7. The lowest BCUT2D eigenvalue weighted by Gasteiger charge is -2.21. The van der Waals surface area contributed by atoms with Crippen molar-refractivity contribution in [2.45, 2.75) is 19.3 Å². The summed E-state index contributed by atoms with van der Waals surface area (Å²) >= 11 is 0. The number of nitrogens with zero attached hydrogens (tertiary/aromatic N) is 3. The lowest BCUT2D eigenvalue weighted by Crippen LogP contribution is -2.14. The molecule has 2 heterocycles. The van der Waals surface area contributed by atoms with Gasteiger partial charge in [-0.2, -0.15) is 5.26 Å². The summed E-state index contributed by atoms with van der Waals surface area (Å²) in [5.74, 6) is 0. The predicted molar refractivity (Wildman–Crippen MR) is 223 cm³/mol. The van der Waals surface area contributed by atoms with Gasteiger partial charge < -0.3 is 4.57 Å². The number of para-hydroxylation sites is 1. The third-order valence-electron chi connectivity index (χ3n) is 11.2. The molecule has 2 aromatic heterocycles. The molecule has 7 aromatic carbocycles. The summed E-state index contributed by atoms with van der Waals surface area (Å²) in [6.45, 7) is 4.68. The largest absolute Gasteiger partial charge is 0.309 e. The van der Waals surface area contributed by atoms with Crippen LogP contribution in [0.15, 0.2) is 176 Å². The molecular weight excluding hydrogens is 655 g/mol. The maximum absolute atomic E-state index is 10.3. The lowest BCUT2D eigenvalue weighted by molar-refractivity contribution is 0.661. The van der Waals surface area contributed by atoms with E-state index in [2.05, 4.69) is 164 Å². The fourth-order valence-corrected chi connectivity index (χ4v) is 8.64. The van der Waals surface area contributed by atoms with Crippen LogP contribution >= 0.6 is 0 Å². The van der Waals surface area contributed by atoms with E-state index < -0.39 is 0 Å². The molecule has 0 N–H and O–H groups in total. The second-order valence-corrected chi connectivity index (χ2v) is 14.7. The molecule has 0 radical (unpaired) electrons. The summed E-state index contributed by atoms with van der Waals surface area (Å²) in [7, 11) is 0. The summed E-state index contributed by atoms with van der Waals surface area (Å²) in [5.41, 5.74) is 17.0. The second-order valence-electron chi connectivity index (χ2n) is 14.7. The molecule has 0 bridgehead atoms. The number of aromatic nitrogens is 2. The Labute approximate surface area is 315 Å². The zero-order valence-electron chi connectivity index (χ0n) is 30.1. The van der Waals surface area contributed by atoms with Crippen molar-refractivity contribution < 1.29 is 0 Å². The average molecular weight is 690 g/mol. The molecule has 1 aliphatic carbocycles. The van der Waals surface area contributed by atoms with Crippen LogP contribution in [0.5, 0.6) is 0 Å². The minimum Gasteiger partial charge on any atom is -0.309 e. The Kier molecular flexibility index (Phi) is 7.22. The molecule has 0 amide bonds. The Hall–Kier alpha value is -7.02. The molecule has 10 rings (SSSR count). The maximum atomic E-state index is 10.3. The van der Waals surface area contributed by atoms with Crippen LogP contribution < -0.4 is 0 Å². The highest BCUT2D eigenvalue weighted by Gasteiger charge is 2.37. The molecule has 0 atom stereocenters. The number of fused-ring (bicyclic) bond motifs is 7. The molecule has 0 aliphatic heterocycles. The average Bonchev–Trinajstić information content (AvgIpc) is 3.69. The van der Waals surface area contributed by atoms with Gasteiger partial charge in [0.05, 0.1) is 34.1 Å². The van der Waals surface area contributed by atoms with Gasteiger partial charge in [-0.3, -0.25) is 0 Å². The fourth-order valence-electron chi connectivity index (χ4n) is 8.64. The number of hydrogen-bond donors (Lipinski definition) is 0. The van der Waals surface area contributed by atoms with E-state index in [4.69, 9.17) is 4.98 Å². The molecule has 0 spiro atoms. The van der Waals surface area contributed by atoms with Gasteiger partial charge in [-0.15, -0.1) is 0 Å². The quantitative estimate of drug-likeness (QED) is 0.180. The summed E-state index contributed by atoms with van der Waals surface area (Å²) in [5, 5.41) is 12.8. The highest BCUT2D eigenvalue weighted by molar-refractivity contribution is 6.18. The van der Waals surface area contributed by atoms with E-state index in [0.29, 0.717) is 5.56 Å². The van der Waals surface area contributed by atoms with Gasteiger partial charge >= 0.3 is 0 Å². The van der Waals surface area contributed by atoms with Crippen LogP contribution in [0.2, 0.25) is 0 Å². The topological polar surface area (TPSA) is 41.6 Å². The Bertz CT molecular complexity index is 2900. The van der Waals surface area contributed by atoms with Crippen molar-refractivity contribution >= 4 is 21.8 Å². The Morgan fingerprint density at radius 3 is 1.91 bits per heavy atom. The first-order valence-corrected chi connectivity index (χ1v) is 18.4. The first-order chi connectivity index (χ1) is 26.5. The second kappa shape index (κ2) is 12.3. The van der Waals surface area contributed by atoms with Crippen LogP contribution in [0.1, 0.15) is 30.5 Å². The monoisotopic (exact) mass is 689 g/mol. The number of pyridine rings is 1. The predicted octanol–water partition coefficient (Wildman–Crippen LogP) is 13.0. The molecule has 54 heavy (non-hydrogen) atoms. The first-order valence-electron chi connectivity index (χ1n) is 18.4. The number of nitriles is 1. The van der Waals surface area contributed by atoms with Crippen molar-refractivity contribution in [2.75, 3.05) is 0 Å². The molecule has 1 aliphatic rings. The third kappa shape index (κ3) is 4.92. The van der Waals surface area contributed by atoms with Crippen molar-refractivity contribution in [3.8, 4) is 67.7 Å². The van der Waals surface area contributed by atoms with Gasteiger partial charge in [-0.05, 0) is 93.0 Å². The molecule has 3 nitrogen and oxygen atoms in total. The third-order valence-corrected chi connectivity index (χ3v) is 11.2. The van der Waals surface area contributed by atoms with Crippen molar-refractivity contribution in [3.63, 3.8) is 0 Å². The number of benzene rings is 7. The van der Waals surface area contributed by atoms with Gasteiger partial charge in [-0.1, -0.05) is 141 Å². The Morgan fingerprint density at radius 1 is 0.500 bits per heavy atom. The van der Waals surface area contributed by atoms with Gasteiger partial charge in [-0.25, -0.2) is 4.98 Å². The smallest absolute Gasteiger partial charge is 0.0998 e. The summed E-state index contributed by atoms with van der Waals surface area (Å²) < 4.78 is 2.40. The van der Waals surface area contributed by atoms with E-state index in [1.54, 1.807) is 0 Å². The lowest BCUT2D eigenvalue weighted by atomic mass is 9.82. The number of hydrogen-bond acceptors (Lipinski definition) is 2. The van der Waals surface area contributed by atoms with Crippen LogP contribution in [0.3, 0.4) is 0 Å². The van der Waals surface area contributed by atoms with Crippen LogP contribution in [-0.4, -0.2) is 9.55 Å². The fraction of sp³-hybridized carbons (Fsp3) is 0.0588. The molecule has 0 saturated heterocycles. The highest BCUT2D eigenvalue weighted by Crippen LogP contribution is 2.53. The van der Waals surface area contributed by atoms with Gasteiger partial charge in [0.15, 0.2) is 0 Å². The number of rotatable bonds is 5. The van der Waals surface area contributed by atoms with Crippen LogP contribution in [-0.2, 0) is 5.41 Å². The van der Waals surface area contributed by atoms with E-state index in [0.717, 1.165) is 61.5 Å². The summed E-state index contributed by atoms with van der Waals surface area (Å²) in [6, 6.07) is 64.5. The van der Waals surface area contributed by atoms with Gasteiger partial charge in [0.1, 0.15) is 0 Å². The van der Waals surface area contributed by atoms with Crippen LogP contribution in [0.4, 0.5) is 0 Å². The van der Waals surface area contributed by atoms with Crippen molar-refractivity contribution in [1.29, 1.82) is 5.26 Å². The standard InChI is InChI=1S/C51H35N3/c1-51(2)43-23-13-11-21-41(43)49-44(51)25-26-48-50(49)42-22-12-14-24-47(42)54(48)39-28-37(40-20-10-9-19-35(40)32-52)27-38(29-39)46-31-36(33-15-5-3-6-16-33)30-45(53-46)34-17-7-4-8-18-34/h3-31H,1-2H3. The van der Waals surface area contributed by atoms with Crippen molar-refractivity contribution in [3.05, 3.63) is 193 Å². The molecule has 0 saturated carbocycles. The van der Waals surface area contributed by atoms with E-state index in [9.17, 15) is 5.26 Å². The summed E-state index contributed by atoms with van der Waals surface area (Å²) in [4.78, 5) is 5.34. The van der Waals surface area contributed by atoms with Crippen molar-refractivity contribution in [2.24, 2.45) is 0 Å². The molecule has 0 unspecified atom stereocenters. The SMILES string of the molecule is CC1(C)c2ccccc2-c2c1ccc1c2c2ccccc2n1-c1cc(-c2cc(-c3ccccc3)cc(-c3ccccc3)n2)cc(-c2ccccc2C#N)c1. The Morgan fingerprint density at radius 2 is 1.13 bits per heavy atom. The zero-order chi connectivity index (χ0) is 36.4. The van der Waals surface area contributed by atoms with Gasteiger partial charge in [0.25, 0.3) is 0 Å².